The molecule has 0 aromatic carbocycles. The highest BCUT2D eigenvalue weighted by molar-refractivity contribution is 5.27. The SMILES string of the molecule is CC(C)CCCC(C)[C@H]1CC[C@H]2C3=CC[C@H]4C[C@@H](O)CC[C@]4(C)[C@H]3CC[C@]12C. The van der Waals surface area contributed by atoms with Gasteiger partial charge in [-0.05, 0) is 97.7 Å². The third kappa shape index (κ3) is 3.42. The van der Waals surface area contributed by atoms with Crippen molar-refractivity contribution in [3.8, 4) is 0 Å². The van der Waals surface area contributed by atoms with Gasteiger partial charge in [-0.3, -0.25) is 0 Å². The van der Waals surface area contributed by atoms with E-state index in [0.29, 0.717) is 10.8 Å². The second-order valence-electron chi connectivity index (χ2n) is 12.2. The second-order valence-corrected chi connectivity index (χ2v) is 12.2. The molecule has 1 heteroatoms. The van der Waals surface area contributed by atoms with E-state index >= 15 is 0 Å². The van der Waals surface area contributed by atoms with Gasteiger partial charge < -0.3 is 5.11 Å². The summed E-state index contributed by atoms with van der Waals surface area (Å²) in [6.07, 6.45) is 17.2. The topological polar surface area (TPSA) is 20.2 Å². The average molecular weight is 387 g/mol. The van der Waals surface area contributed by atoms with E-state index in [1.807, 2.05) is 5.57 Å². The molecule has 3 fully saturated rings. The highest BCUT2D eigenvalue weighted by atomic mass is 16.3. The molecule has 1 N–H and O–H groups in total. The van der Waals surface area contributed by atoms with Gasteiger partial charge in [0.25, 0.3) is 0 Å². The molecule has 0 radical (unpaired) electrons. The fraction of sp³-hybridized carbons (Fsp3) is 0.926. The van der Waals surface area contributed by atoms with E-state index in [0.717, 1.165) is 48.3 Å². The third-order valence-corrected chi connectivity index (χ3v) is 10.3. The van der Waals surface area contributed by atoms with Crippen LogP contribution in [-0.2, 0) is 0 Å². The van der Waals surface area contributed by atoms with Crippen LogP contribution < -0.4 is 0 Å². The zero-order valence-corrected chi connectivity index (χ0v) is 19.3. The zero-order valence-electron chi connectivity index (χ0n) is 19.3. The molecule has 0 heterocycles. The summed E-state index contributed by atoms with van der Waals surface area (Å²) in [4.78, 5) is 0. The Balaban J connectivity index is 1.50. The van der Waals surface area contributed by atoms with Crippen molar-refractivity contribution >= 4 is 0 Å². The maximum absolute atomic E-state index is 10.2. The van der Waals surface area contributed by atoms with Crippen molar-refractivity contribution in [1.82, 2.24) is 0 Å². The van der Waals surface area contributed by atoms with E-state index in [2.05, 4.69) is 40.7 Å². The van der Waals surface area contributed by atoms with Crippen LogP contribution in [0.2, 0.25) is 0 Å². The molecule has 0 aromatic heterocycles. The van der Waals surface area contributed by atoms with Crippen molar-refractivity contribution in [2.75, 3.05) is 0 Å². The molecule has 0 saturated heterocycles. The van der Waals surface area contributed by atoms with Gasteiger partial charge in [0.15, 0.2) is 0 Å². The Labute approximate surface area is 174 Å². The van der Waals surface area contributed by atoms with Crippen molar-refractivity contribution < 1.29 is 5.11 Å². The quantitative estimate of drug-likeness (QED) is 0.488. The standard InChI is InChI=1S/C27H46O/c1-18(2)7-6-8-19(3)23-11-12-24-22-10-9-20-17-21(28)13-15-26(20,4)25(22)14-16-27(23,24)5/h10,18-21,23-25,28H,6-9,11-17H2,1-5H3/t19?,20-,21-,23+,24-,25-,26-,27+/m0/s1. The van der Waals surface area contributed by atoms with Gasteiger partial charge in [0.1, 0.15) is 0 Å². The van der Waals surface area contributed by atoms with Crippen molar-refractivity contribution in [3.05, 3.63) is 11.6 Å². The Morgan fingerprint density at radius 2 is 1.68 bits per heavy atom. The number of hydrogen-bond donors (Lipinski definition) is 1. The highest BCUT2D eigenvalue weighted by Gasteiger charge is 2.58. The number of rotatable bonds is 5. The first-order valence-electron chi connectivity index (χ1n) is 12.6. The predicted molar refractivity (Wildman–Crippen MR) is 119 cm³/mol. The molecule has 4 aliphatic rings. The summed E-state index contributed by atoms with van der Waals surface area (Å²) >= 11 is 0. The van der Waals surface area contributed by atoms with Crippen molar-refractivity contribution in [1.29, 1.82) is 0 Å². The molecule has 4 rings (SSSR count). The number of allylic oxidation sites excluding steroid dienone is 2. The summed E-state index contributed by atoms with van der Waals surface area (Å²) in [6.45, 7) is 12.6. The molecular weight excluding hydrogens is 340 g/mol. The molecule has 0 aliphatic heterocycles. The van der Waals surface area contributed by atoms with Crippen LogP contribution in [0.3, 0.4) is 0 Å². The fourth-order valence-corrected chi connectivity index (χ4v) is 8.51. The Morgan fingerprint density at radius 3 is 2.43 bits per heavy atom. The normalized spacial score (nSPS) is 46.5. The second kappa shape index (κ2) is 7.75. The minimum atomic E-state index is -0.0376. The van der Waals surface area contributed by atoms with Crippen LogP contribution in [-0.4, -0.2) is 11.2 Å². The van der Waals surface area contributed by atoms with E-state index in [1.54, 1.807) is 0 Å². The Morgan fingerprint density at radius 1 is 0.964 bits per heavy atom. The van der Waals surface area contributed by atoms with Gasteiger partial charge in [-0.1, -0.05) is 65.5 Å². The average Bonchev–Trinajstić information content (AvgIpc) is 2.99. The van der Waals surface area contributed by atoms with E-state index < -0.39 is 0 Å². The van der Waals surface area contributed by atoms with E-state index in [-0.39, 0.29) is 6.10 Å². The van der Waals surface area contributed by atoms with Crippen molar-refractivity contribution in [2.24, 2.45) is 46.3 Å². The van der Waals surface area contributed by atoms with E-state index in [4.69, 9.17) is 0 Å². The molecule has 0 amide bonds. The number of aliphatic hydroxyl groups is 1. The Hall–Kier alpha value is -0.300. The van der Waals surface area contributed by atoms with Crippen LogP contribution in [0.4, 0.5) is 0 Å². The van der Waals surface area contributed by atoms with Crippen molar-refractivity contribution in [3.63, 3.8) is 0 Å². The van der Waals surface area contributed by atoms with E-state index in [9.17, 15) is 5.11 Å². The monoisotopic (exact) mass is 386 g/mol. The van der Waals surface area contributed by atoms with Gasteiger partial charge in [0, 0.05) is 0 Å². The van der Waals surface area contributed by atoms with Gasteiger partial charge in [0.2, 0.25) is 0 Å². The van der Waals surface area contributed by atoms with Crippen molar-refractivity contribution in [2.45, 2.75) is 111 Å². The molecule has 3 saturated carbocycles. The van der Waals surface area contributed by atoms with E-state index in [1.165, 1.54) is 57.8 Å². The number of hydrogen-bond acceptors (Lipinski definition) is 1. The lowest BCUT2D eigenvalue weighted by Crippen LogP contribution is -2.49. The number of aliphatic hydroxyl groups excluding tert-OH is 1. The number of fused-ring (bicyclic) bond motifs is 5. The minimum Gasteiger partial charge on any atom is -0.393 e. The van der Waals surface area contributed by atoms with Gasteiger partial charge in [-0.2, -0.15) is 0 Å². The Kier molecular flexibility index (Phi) is 5.80. The molecular formula is C27H46O. The molecule has 160 valence electrons. The predicted octanol–water partition coefficient (Wildman–Crippen LogP) is 7.39. The summed E-state index contributed by atoms with van der Waals surface area (Å²) in [5.41, 5.74) is 2.89. The molecule has 4 aliphatic carbocycles. The summed E-state index contributed by atoms with van der Waals surface area (Å²) in [5, 5.41) is 10.2. The Bertz CT molecular complexity index is 591. The first kappa shape index (κ1) is 21.0. The van der Waals surface area contributed by atoms with Crippen LogP contribution in [0.25, 0.3) is 0 Å². The molecule has 0 aromatic rings. The molecule has 0 spiro atoms. The summed E-state index contributed by atoms with van der Waals surface area (Å²) < 4.78 is 0. The van der Waals surface area contributed by atoms with Gasteiger partial charge in [-0.25, -0.2) is 0 Å². The summed E-state index contributed by atoms with van der Waals surface area (Å²) in [6, 6.07) is 0. The maximum atomic E-state index is 10.2. The fourth-order valence-electron chi connectivity index (χ4n) is 8.51. The van der Waals surface area contributed by atoms with Crippen LogP contribution in [0.15, 0.2) is 11.6 Å². The molecule has 1 unspecified atom stereocenters. The first-order chi connectivity index (χ1) is 13.3. The summed E-state index contributed by atoms with van der Waals surface area (Å²) in [5.74, 6) is 5.07. The zero-order chi connectivity index (χ0) is 20.1. The lowest BCUT2D eigenvalue weighted by atomic mass is 9.47. The van der Waals surface area contributed by atoms with Crippen LogP contribution in [0.5, 0.6) is 0 Å². The first-order valence-corrected chi connectivity index (χ1v) is 12.6. The smallest absolute Gasteiger partial charge is 0.0543 e. The van der Waals surface area contributed by atoms with Gasteiger partial charge in [-0.15, -0.1) is 0 Å². The minimum absolute atomic E-state index is 0.0376. The largest absolute Gasteiger partial charge is 0.393 e. The van der Waals surface area contributed by atoms with Crippen LogP contribution in [0, 0.1) is 46.3 Å². The maximum Gasteiger partial charge on any atom is 0.0543 e. The summed E-state index contributed by atoms with van der Waals surface area (Å²) in [7, 11) is 0. The molecule has 8 atom stereocenters. The molecule has 0 bridgehead atoms. The lowest BCUT2D eigenvalue weighted by Gasteiger charge is -2.57. The third-order valence-electron chi connectivity index (χ3n) is 10.3. The van der Waals surface area contributed by atoms with Gasteiger partial charge >= 0.3 is 0 Å². The molecule has 1 nitrogen and oxygen atoms in total. The van der Waals surface area contributed by atoms with Crippen LogP contribution in [0.1, 0.15) is 105 Å². The lowest BCUT2D eigenvalue weighted by molar-refractivity contribution is -0.0427. The van der Waals surface area contributed by atoms with Gasteiger partial charge in [0.05, 0.1) is 6.10 Å². The highest BCUT2D eigenvalue weighted by Crippen LogP contribution is 2.66. The molecule has 28 heavy (non-hydrogen) atoms. The van der Waals surface area contributed by atoms with Crippen LogP contribution >= 0.6 is 0 Å².